The smallest absolute Gasteiger partial charge is 0.244 e. The van der Waals surface area contributed by atoms with Crippen molar-refractivity contribution < 1.29 is 4.79 Å². The second kappa shape index (κ2) is 5.21. The lowest BCUT2D eigenvalue weighted by atomic mass is 10.1. The van der Waals surface area contributed by atoms with E-state index >= 15 is 0 Å². The molecular formula is C12H11ClN2OS. The Kier molecular flexibility index (Phi) is 3.66. The molecule has 1 amide bonds. The van der Waals surface area contributed by atoms with Gasteiger partial charge in [0, 0.05) is 10.7 Å². The van der Waals surface area contributed by atoms with Gasteiger partial charge in [0.25, 0.3) is 0 Å². The Balaban J connectivity index is 2.19. The highest BCUT2D eigenvalue weighted by molar-refractivity contribution is 7.08. The van der Waals surface area contributed by atoms with Gasteiger partial charge >= 0.3 is 0 Å². The Morgan fingerprint density at radius 3 is 2.53 bits per heavy atom. The highest BCUT2D eigenvalue weighted by Crippen LogP contribution is 2.22. The van der Waals surface area contributed by atoms with Crippen molar-refractivity contribution in [1.29, 1.82) is 0 Å². The van der Waals surface area contributed by atoms with Gasteiger partial charge in [-0.1, -0.05) is 11.6 Å². The van der Waals surface area contributed by atoms with E-state index in [1.54, 1.807) is 12.1 Å². The predicted octanol–water partition coefficient (Wildman–Crippen LogP) is 3.04. The number of halogens is 1. The lowest BCUT2D eigenvalue weighted by molar-refractivity contribution is -0.118. The summed E-state index contributed by atoms with van der Waals surface area (Å²) in [6.07, 6.45) is 0. The fourth-order valence-electron chi connectivity index (χ4n) is 1.47. The summed E-state index contributed by atoms with van der Waals surface area (Å²) in [7, 11) is 0. The number of anilines is 1. The molecule has 1 heterocycles. The number of hydrogen-bond donors (Lipinski definition) is 2. The van der Waals surface area contributed by atoms with Gasteiger partial charge in [-0.05, 0) is 46.7 Å². The van der Waals surface area contributed by atoms with Gasteiger partial charge in [-0.3, -0.25) is 4.79 Å². The molecule has 1 aromatic carbocycles. The summed E-state index contributed by atoms with van der Waals surface area (Å²) in [6, 6.07) is 8.51. The van der Waals surface area contributed by atoms with Crippen molar-refractivity contribution in [3.8, 4) is 0 Å². The molecule has 1 unspecified atom stereocenters. The largest absolute Gasteiger partial charge is 0.370 e. The average Bonchev–Trinajstić information content (AvgIpc) is 2.81. The van der Waals surface area contributed by atoms with E-state index in [2.05, 4.69) is 5.32 Å². The zero-order valence-electron chi connectivity index (χ0n) is 8.89. The Hall–Kier alpha value is -1.52. The fraction of sp³-hybridized carbons (Fsp3) is 0.0833. The number of nitrogens with two attached hydrogens (primary N) is 1. The topological polar surface area (TPSA) is 55.1 Å². The maximum Gasteiger partial charge on any atom is 0.244 e. The van der Waals surface area contributed by atoms with Crippen molar-refractivity contribution in [2.24, 2.45) is 5.73 Å². The van der Waals surface area contributed by atoms with Crippen LogP contribution in [0.15, 0.2) is 41.1 Å². The van der Waals surface area contributed by atoms with Crippen LogP contribution in [0.4, 0.5) is 5.69 Å². The normalized spacial score (nSPS) is 12.1. The van der Waals surface area contributed by atoms with Gasteiger partial charge in [-0.15, -0.1) is 0 Å². The maximum absolute atomic E-state index is 11.4. The number of carbonyl (C=O) groups excluding carboxylic acids is 1. The standard InChI is InChI=1S/C12H11ClN2OS/c13-9-1-3-10(4-2-9)15-11(12(14)16)8-5-6-17-7-8/h1-7,11,15H,(H2,14,16). The summed E-state index contributed by atoms with van der Waals surface area (Å²) >= 11 is 7.32. The third-order valence-corrected chi connectivity index (χ3v) is 3.27. The minimum atomic E-state index is -0.512. The van der Waals surface area contributed by atoms with Crippen molar-refractivity contribution >= 4 is 34.5 Å². The van der Waals surface area contributed by atoms with E-state index in [4.69, 9.17) is 17.3 Å². The molecule has 0 saturated heterocycles. The van der Waals surface area contributed by atoms with Crippen molar-refractivity contribution in [3.63, 3.8) is 0 Å². The molecule has 88 valence electrons. The van der Waals surface area contributed by atoms with E-state index < -0.39 is 11.9 Å². The third-order valence-electron chi connectivity index (χ3n) is 2.32. The van der Waals surface area contributed by atoms with E-state index in [0.717, 1.165) is 11.3 Å². The van der Waals surface area contributed by atoms with Gasteiger partial charge in [0.1, 0.15) is 6.04 Å². The minimum Gasteiger partial charge on any atom is -0.370 e. The first kappa shape index (κ1) is 12.0. The van der Waals surface area contributed by atoms with Crippen LogP contribution in [0.1, 0.15) is 11.6 Å². The molecule has 0 saturated carbocycles. The van der Waals surface area contributed by atoms with Crippen LogP contribution in [0.3, 0.4) is 0 Å². The molecule has 1 aromatic heterocycles. The lowest BCUT2D eigenvalue weighted by Gasteiger charge is -2.15. The number of rotatable bonds is 4. The number of carbonyl (C=O) groups is 1. The van der Waals surface area contributed by atoms with Crippen LogP contribution in [0.2, 0.25) is 5.02 Å². The Bertz CT molecular complexity index is 496. The molecule has 3 nitrogen and oxygen atoms in total. The number of benzene rings is 1. The van der Waals surface area contributed by atoms with E-state index in [1.165, 1.54) is 11.3 Å². The van der Waals surface area contributed by atoms with Gasteiger partial charge in [0.2, 0.25) is 5.91 Å². The van der Waals surface area contributed by atoms with Crippen LogP contribution >= 0.6 is 22.9 Å². The molecule has 0 aliphatic rings. The molecule has 0 radical (unpaired) electrons. The van der Waals surface area contributed by atoms with Crippen molar-refractivity contribution in [2.75, 3.05) is 5.32 Å². The molecule has 3 N–H and O–H groups in total. The van der Waals surface area contributed by atoms with Crippen molar-refractivity contribution in [3.05, 3.63) is 51.7 Å². The van der Waals surface area contributed by atoms with Gasteiger partial charge < -0.3 is 11.1 Å². The van der Waals surface area contributed by atoms with Crippen molar-refractivity contribution in [1.82, 2.24) is 0 Å². The molecule has 0 aliphatic carbocycles. The first-order chi connectivity index (χ1) is 8.16. The minimum absolute atomic E-state index is 0.404. The lowest BCUT2D eigenvalue weighted by Crippen LogP contribution is -2.27. The third kappa shape index (κ3) is 2.99. The SMILES string of the molecule is NC(=O)C(Nc1ccc(Cl)cc1)c1ccsc1. The van der Waals surface area contributed by atoms with E-state index in [9.17, 15) is 4.79 Å². The Labute approximate surface area is 108 Å². The van der Waals surface area contributed by atoms with Crippen LogP contribution in [-0.4, -0.2) is 5.91 Å². The molecule has 0 bridgehead atoms. The average molecular weight is 267 g/mol. The van der Waals surface area contributed by atoms with Gasteiger partial charge in [0.05, 0.1) is 0 Å². The molecule has 17 heavy (non-hydrogen) atoms. The molecular weight excluding hydrogens is 256 g/mol. The van der Waals surface area contributed by atoms with Gasteiger partial charge in [-0.2, -0.15) is 11.3 Å². The zero-order chi connectivity index (χ0) is 12.3. The molecule has 2 aromatic rings. The first-order valence-electron chi connectivity index (χ1n) is 5.00. The highest BCUT2D eigenvalue weighted by Gasteiger charge is 2.17. The monoisotopic (exact) mass is 266 g/mol. The number of nitrogens with one attached hydrogen (secondary N) is 1. The van der Waals surface area contributed by atoms with Crippen LogP contribution in [-0.2, 0) is 4.79 Å². The Morgan fingerprint density at radius 1 is 1.29 bits per heavy atom. The van der Waals surface area contributed by atoms with Crippen LogP contribution in [0.5, 0.6) is 0 Å². The van der Waals surface area contributed by atoms with E-state index in [1.807, 2.05) is 29.0 Å². The highest BCUT2D eigenvalue weighted by atomic mass is 35.5. The summed E-state index contributed by atoms with van der Waals surface area (Å²) in [6.45, 7) is 0. The number of thiophene rings is 1. The molecule has 5 heteroatoms. The second-order valence-corrected chi connectivity index (χ2v) is 4.76. The number of hydrogen-bond acceptors (Lipinski definition) is 3. The summed E-state index contributed by atoms with van der Waals surface area (Å²) in [5.74, 6) is -0.404. The molecule has 0 spiro atoms. The van der Waals surface area contributed by atoms with E-state index in [0.29, 0.717) is 5.02 Å². The Morgan fingerprint density at radius 2 is 2.00 bits per heavy atom. The number of primary amides is 1. The number of amides is 1. The first-order valence-corrected chi connectivity index (χ1v) is 6.32. The van der Waals surface area contributed by atoms with Crippen molar-refractivity contribution in [2.45, 2.75) is 6.04 Å². The maximum atomic E-state index is 11.4. The summed E-state index contributed by atoms with van der Waals surface area (Å²) < 4.78 is 0. The van der Waals surface area contributed by atoms with Crippen LogP contribution in [0, 0.1) is 0 Å². The molecule has 2 rings (SSSR count). The molecule has 0 aliphatic heterocycles. The van der Waals surface area contributed by atoms with Gasteiger partial charge in [0.15, 0.2) is 0 Å². The second-order valence-electron chi connectivity index (χ2n) is 3.54. The molecule has 1 atom stereocenters. The summed E-state index contributed by atoms with van der Waals surface area (Å²) in [4.78, 5) is 11.4. The zero-order valence-corrected chi connectivity index (χ0v) is 10.5. The van der Waals surface area contributed by atoms with E-state index in [-0.39, 0.29) is 0 Å². The van der Waals surface area contributed by atoms with Gasteiger partial charge in [-0.25, -0.2) is 0 Å². The summed E-state index contributed by atoms with van der Waals surface area (Å²) in [5.41, 5.74) is 7.07. The van der Waals surface area contributed by atoms with Crippen LogP contribution in [0.25, 0.3) is 0 Å². The predicted molar refractivity (Wildman–Crippen MR) is 71.3 cm³/mol. The molecule has 0 fully saturated rings. The quantitative estimate of drug-likeness (QED) is 0.894. The van der Waals surface area contributed by atoms with Crippen LogP contribution < -0.4 is 11.1 Å². The summed E-state index contributed by atoms with van der Waals surface area (Å²) in [5, 5.41) is 7.55. The fourth-order valence-corrected chi connectivity index (χ4v) is 2.28.